The van der Waals surface area contributed by atoms with Gasteiger partial charge in [-0.15, -0.1) is 0 Å². The van der Waals surface area contributed by atoms with Crippen LogP contribution in [0.3, 0.4) is 0 Å². The van der Waals surface area contributed by atoms with Crippen LogP contribution in [-0.2, 0) is 16.1 Å². The number of carbonyl (C=O) groups is 1. The van der Waals surface area contributed by atoms with Crippen molar-refractivity contribution in [3.05, 3.63) is 29.8 Å². The molecule has 3 N–H and O–H groups in total. The third kappa shape index (κ3) is 4.21. The van der Waals surface area contributed by atoms with E-state index < -0.39 is 5.54 Å². The van der Waals surface area contributed by atoms with Crippen LogP contribution in [0.4, 0.5) is 5.69 Å². The first-order chi connectivity index (χ1) is 10.5. The van der Waals surface area contributed by atoms with Gasteiger partial charge >= 0.3 is 0 Å². The molecule has 122 valence electrons. The number of rotatable bonds is 6. The van der Waals surface area contributed by atoms with Gasteiger partial charge in [0.1, 0.15) is 0 Å². The van der Waals surface area contributed by atoms with Gasteiger partial charge in [-0.2, -0.15) is 0 Å². The Morgan fingerprint density at radius 2 is 2.05 bits per heavy atom. The van der Waals surface area contributed by atoms with Crippen molar-refractivity contribution in [2.24, 2.45) is 5.73 Å². The Balaban J connectivity index is 2.02. The van der Waals surface area contributed by atoms with Gasteiger partial charge in [-0.3, -0.25) is 4.79 Å². The summed E-state index contributed by atoms with van der Waals surface area (Å²) in [7, 11) is 0. The zero-order chi connectivity index (χ0) is 16.0. The molecular formula is C17H27N3O2. The van der Waals surface area contributed by atoms with Crippen molar-refractivity contribution in [3.63, 3.8) is 0 Å². The van der Waals surface area contributed by atoms with Gasteiger partial charge in [-0.25, -0.2) is 0 Å². The molecule has 1 aromatic rings. The fraction of sp³-hybridized carbons (Fsp3) is 0.588. The Labute approximate surface area is 132 Å². The SMILES string of the molecule is CCCC(C)(N)C(=O)NCc1ccccc1N1CCOCC1. The van der Waals surface area contributed by atoms with Gasteiger partial charge in [0.25, 0.3) is 0 Å². The second-order valence-corrected chi connectivity index (χ2v) is 6.08. The Bertz CT molecular complexity index is 496. The molecule has 0 bridgehead atoms. The summed E-state index contributed by atoms with van der Waals surface area (Å²) < 4.78 is 5.40. The lowest BCUT2D eigenvalue weighted by molar-refractivity contribution is -0.126. The van der Waals surface area contributed by atoms with E-state index in [1.54, 1.807) is 6.92 Å². The predicted octanol–water partition coefficient (Wildman–Crippen LogP) is 1.66. The maximum Gasteiger partial charge on any atom is 0.240 e. The topological polar surface area (TPSA) is 67.6 Å². The van der Waals surface area contributed by atoms with E-state index in [4.69, 9.17) is 10.5 Å². The van der Waals surface area contributed by atoms with Gasteiger partial charge in [0.05, 0.1) is 18.8 Å². The highest BCUT2D eigenvalue weighted by Crippen LogP contribution is 2.21. The average molecular weight is 305 g/mol. The Hall–Kier alpha value is -1.59. The highest BCUT2D eigenvalue weighted by Gasteiger charge is 2.27. The number of nitrogens with zero attached hydrogens (tertiary/aromatic N) is 1. The number of para-hydroxylation sites is 1. The van der Waals surface area contributed by atoms with Gasteiger partial charge in [-0.1, -0.05) is 31.5 Å². The fourth-order valence-corrected chi connectivity index (χ4v) is 2.78. The van der Waals surface area contributed by atoms with Crippen molar-refractivity contribution < 1.29 is 9.53 Å². The van der Waals surface area contributed by atoms with E-state index in [1.807, 2.05) is 19.1 Å². The Morgan fingerprint density at radius 3 is 2.73 bits per heavy atom. The zero-order valence-corrected chi connectivity index (χ0v) is 13.6. The van der Waals surface area contributed by atoms with Crippen LogP contribution in [-0.4, -0.2) is 37.7 Å². The number of hydrogen-bond donors (Lipinski definition) is 2. The molecule has 1 fully saturated rings. The van der Waals surface area contributed by atoms with Crippen LogP contribution in [0.1, 0.15) is 32.3 Å². The molecule has 1 amide bonds. The molecule has 0 aliphatic carbocycles. The largest absolute Gasteiger partial charge is 0.378 e. The predicted molar refractivity (Wildman–Crippen MR) is 88.8 cm³/mol. The minimum absolute atomic E-state index is 0.0915. The van der Waals surface area contributed by atoms with Crippen molar-refractivity contribution in [2.45, 2.75) is 38.8 Å². The van der Waals surface area contributed by atoms with Crippen molar-refractivity contribution in [3.8, 4) is 0 Å². The summed E-state index contributed by atoms with van der Waals surface area (Å²) in [6.45, 7) is 7.59. The van der Waals surface area contributed by atoms with E-state index in [1.165, 1.54) is 5.69 Å². The molecule has 0 spiro atoms. The van der Waals surface area contributed by atoms with Gasteiger partial charge in [0, 0.05) is 25.3 Å². The summed E-state index contributed by atoms with van der Waals surface area (Å²) in [4.78, 5) is 14.6. The molecule has 0 aromatic heterocycles. The summed E-state index contributed by atoms with van der Waals surface area (Å²) in [6.07, 6.45) is 1.58. The summed E-state index contributed by atoms with van der Waals surface area (Å²) in [6, 6.07) is 8.18. The standard InChI is InChI=1S/C17H27N3O2/c1-3-8-17(2,18)16(21)19-13-14-6-4-5-7-15(14)20-9-11-22-12-10-20/h4-7H,3,8-13,18H2,1-2H3,(H,19,21). The van der Waals surface area contributed by atoms with E-state index in [-0.39, 0.29) is 5.91 Å². The lowest BCUT2D eigenvalue weighted by Gasteiger charge is -2.31. The molecule has 1 heterocycles. The molecule has 5 heteroatoms. The molecule has 1 aliphatic rings. The van der Waals surface area contributed by atoms with Crippen molar-refractivity contribution in [1.29, 1.82) is 0 Å². The molecule has 0 radical (unpaired) electrons. The van der Waals surface area contributed by atoms with Crippen LogP contribution in [0.25, 0.3) is 0 Å². The minimum Gasteiger partial charge on any atom is -0.378 e. The zero-order valence-electron chi connectivity index (χ0n) is 13.6. The molecule has 1 aliphatic heterocycles. The van der Waals surface area contributed by atoms with Crippen LogP contribution in [0.15, 0.2) is 24.3 Å². The lowest BCUT2D eigenvalue weighted by Crippen LogP contribution is -2.51. The molecule has 22 heavy (non-hydrogen) atoms. The first-order valence-electron chi connectivity index (χ1n) is 8.02. The summed E-state index contributed by atoms with van der Waals surface area (Å²) in [5.74, 6) is -0.0915. The van der Waals surface area contributed by atoms with Crippen LogP contribution in [0.2, 0.25) is 0 Å². The fourth-order valence-electron chi connectivity index (χ4n) is 2.78. The molecule has 5 nitrogen and oxygen atoms in total. The Kier molecular flexibility index (Phi) is 5.80. The summed E-state index contributed by atoms with van der Waals surface area (Å²) in [5.41, 5.74) is 7.56. The summed E-state index contributed by atoms with van der Waals surface area (Å²) in [5, 5.41) is 2.98. The number of hydrogen-bond acceptors (Lipinski definition) is 4. The molecule has 1 aromatic carbocycles. The van der Waals surface area contributed by atoms with Crippen LogP contribution < -0.4 is 16.0 Å². The summed E-state index contributed by atoms with van der Waals surface area (Å²) >= 11 is 0. The van der Waals surface area contributed by atoms with Gasteiger partial charge < -0.3 is 20.7 Å². The normalized spacial score (nSPS) is 17.9. The second kappa shape index (κ2) is 7.61. The minimum atomic E-state index is -0.803. The van der Waals surface area contributed by atoms with E-state index in [9.17, 15) is 4.79 Å². The first-order valence-corrected chi connectivity index (χ1v) is 8.02. The number of ether oxygens (including phenoxy) is 1. The number of benzene rings is 1. The number of morpholine rings is 1. The number of anilines is 1. The molecule has 2 rings (SSSR count). The number of carbonyl (C=O) groups excluding carboxylic acids is 1. The Morgan fingerprint density at radius 1 is 1.36 bits per heavy atom. The third-order valence-corrected chi connectivity index (χ3v) is 4.07. The van der Waals surface area contributed by atoms with E-state index in [2.05, 4.69) is 22.3 Å². The number of nitrogens with one attached hydrogen (secondary N) is 1. The monoisotopic (exact) mass is 305 g/mol. The van der Waals surface area contributed by atoms with E-state index >= 15 is 0 Å². The molecular weight excluding hydrogens is 278 g/mol. The second-order valence-electron chi connectivity index (χ2n) is 6.08. The molecule has 0 saturated carbocycles. The van der Waals surface area contributed by atoms with Gasteiger partial charge in [-0.05, 0) is 25.0 Å². The first kappa shape index (κ1) is 16.8. The quantitative estimate of drug-likeness (QED) is 0.839. The number of amides is 1. The highest BCUT2D eigenvalue weighted by atomic mass is 16.5. The van der Waals surface area contributed by atoms with Crippen molar-refractivity contribution >= 4 is 11.6 Å². The van der Waals surface area contributed by atoms with Crippen molar-refractivity contribution in [1.82, 2.24) is 5.32 Å². The van der Waals surface area contributed by atoms with Crippen LogP contribution in [0.5, 0.6) is 0 Å². The third-order valence-electron chi connectivity index (χ3n) is 4.07. The van der Waals surface area contributed by atoms with E-state index in [0.29, 0.717) is 13.0 Å². The highest BCUT2D eigenvalue weighted by molar-refractivity contribution is 5.85. The maximum atomic E-state index is 12.2. The molecule has 1 unspecified atom stereocenters. The lowest BCUT2D eigenvalue weighted by atomic mass is 9.96. The molecule has 1 saturated heterocycles. The van der Waals surface area contributed by atoms with E-state index in [0.717, 1.165) is 38.3 Å². The maximum absolute atomic E-state index is 12.2. The number of nitrogens with two attached hydrogens (primary N) is 1. The average Bonchev–Trinajstić information content (AvgIpc) is 2.53. The van der Waals surface area contributed by atoms with Crippen LogP contribution in [0, 0.1) is 0 Å². The smallest absolute Gasteiger partial charge is 0.240 e. The van der Waals surface area contributed by atoms with Gasteiger partial charge in [0.2, 0.25) is 5.91 Å². The van der Waals surface area contributed by atoms with Crippen molar-refractivity contribution in [2.75, 3.05) is 31.2 Å². The molecule has 1 atom stereocenters. The van der Waals surface area contributed by atoms with Gasteiger partial charge in [0.15, 0.2) is 0 Å². The van der Waals surface area contributed by atoms with Crippen LogP contribution >= 0.6 is 0 Å².